The van der Waals surface area contributed by atoms with Crippen molar-refractivity contribution in [2.75, 3.05) is 13.1 Å². The van der Waals surface area contributed by atoms with Crippen LogP contribution in [-0.4, -0.2) is 29.8 Å². The van der Waals surface area contributed by atoms with Crippen LogP contribution in [0.25, 0.3) is 11.1 Å². The molecule has 0 saturated carbocycles. The molecule has 0 aromatic heterocycles. The zero-order chi connectivity index (χ0) is 18.0. The third-order valence-electron chi connectivity index (χ3n) is 5.03. The number of nitrogens with two attached hydrogens (primary N) is 1. The highest BCUT2D eigenvalue weighted by Crippen LogP contribution is 2.37. The van der Waals surface area contributed by atoms with Gasteiger partial charge in [0, 0.05) is 25.6 Å². The van der Waals surface area contributed by atoms with Gasteiger partial charge in [-0.1, -0.05) is 42.5 Å². The zero-order valence-corrected chi connectivity index (χ0v) is 14.2. The highest BCUT2D eigenvalue weighted by atomic mass is 19.1. The summed E-state index contributed by atoms with van der Waals surface area (Å²) in [7, 11) is 0. The van der Waals surface area contributed by atoms with Crippen molar-refractivity contribution in [1.82, 2.24) is 4.90 Å². The molecule has 1 aliphatic rings. The van der Waals surface area contributed by atoms with E-state index in [1.54, 1.807) is 23.1 Å². The lowest BCUT2D eigenvalue weighted by atomic mass is 9.78. The number of hydrogen-bond acceptors (Lipinski definition) is 2. The molecule has 0 radical (unpaired) electrons. The van der Waals surface area contributed by atoms with Gasteiger partial charge in [-0.15, -0.1) is 0 Å². The molecule has 130 valence electrons. The van der Waals surface area contributed by atoms with Crippen molar-refractivity contribution < 1.29 is 14.0 Å². The first-order valence-corrected chi connectivity index (χ1v) is 8.31. The van der Waals surface area contributed by atoms with Gasteiger partial charge in [-0.05, 0) is 30.0 Å². The monoisotopic (exact) mass is 340 g/mol. The van der Waals surface area contributed by atoms with Crippen LogP contribution in [-0.2, 0) is 16.0 Å². The molecule has 1 saturated heterocycles. The maximum Gasteiger partial charge on any atom is 0.225 e. The molecule has 2 N–H and O–H groups in total. The molecular formula is C20H21FN2O2. The van der Waals surface area contributed by atoms with Gasteiger partial charge >= 0.3 is 0 Å². The Morgan fingerprint density at radius 1 is 1.12 bits per heavy atom. The standard InChI is InChI=1S/C20H21FN2O2/c1-14(24)23-11-10-20(13-23,19(22)25)12-15-6-2-3-7-16(15)17-8-4-5-9-18(17)21/h2-9H,10-13H2,1H3,(H2,22,25)/t20-/m0/s1. The number of halogens is 1. The molecule has 1 heterocycles. The molecule has 0 unspecified atom stereocenters. The van der Waals surface area contributed by atoms with E-state index in [1.807, 2.05) is 24.3 Å². The quantitative estimate of drug-likeness (QED) is 0.930. The first kappa shape index (κ1) is 17.1. The Kier molecular flexibility index (Phi) is 4.57. The number of rotatable bonds is 4. The van der Waals surface area contributed by atoms with Gasteiger partial charge in [-0.2, -0.15) is 0 Å². The van der Waals surface area contributed by atoms with Gasteiger partial charge in [0.25, 0.3) is 0 Å². The number of benzene rings is 2. The summed E-state index contributed by atoms with van der Waals surface area (Å²) in [5.41, 5.74) is 7.01. The van der Waals surface area contributed by atoms with Crippen LogP contribution in [0.3, 0.4) is 0 Å². The number of hydrogen-bond donors (Lipinski definition) is 1. The van der Waals surface area contributed by atoms with Crippen molar-refractivity contribution in [3.8, 4) is 11.1 Å². The largest absolute Gasteiger partial charge is 0.369 e. The van der Waals surface area contributed by atoms with E-state index < -0.39 is 11.3 Å². The number of carbonyl (C=O) groups is 2. The van der Waals surface area contributed by atoms with E-state index >= 15 is 0 Å². The van der Waals surface area contributed by atoms with Gasteiger partial charge in [-0.25, -0.2) is 4.39 Å². The lowest BCUT2D eigenvalue weighted by Crippen LogP contribution is -2.42. The molecule has 1 atom stereocenters. The third kappa shape index (κ3) is 3.27. The summed E-state index contributed by atoms with van der Waals surface area (Å²) < 4.78 is 14.2. The van der Waals surface area contributed by atoms with Crippen LogP contribution in [0.5, 0.6) is 0 Å². The highest BCUT2D eigenvalue weighted by molar-refractivity contribution is 5.84. The molecule has 2 amide bonds. The fraction of sp³-hybridized carbons (Fsp3) is 0.300. The van der Waals surface area contributed by atoms with Crippen molar-refractivity contribution in [1.29, 1.82) is 0 Å². The van der Waals surface area contributed by atoms with Gasteiger partial charge in [0.15, 0.2) is 0 Å². The summed E-state index contributed by atoms with van der Waals surface area (Å²) in [5.74, 6) is -0.787. The Balaban J connectivity index is 1.99. The Morgan fingerprint density at radius 2 is 1.76 bits per heavy atom. The molecule has 5 heteroatoms. The van der Waals surface area contributed by atoms with E-state index in [-0.39, 0.29) is 11.7 Å². The van der Waals surface area contributed by atoms with E-state index in [0.29, 0.717) is 31.5 Å². The van der Waals surface area contributed by atoms with Gasteiger partial charge in [0.1, 0.15) is 5.82 Å². The van der Waals surface area contributed by atoms with Crippen LogP contribution in [0.1, 0.15) is 18.9 Å². The molecule has 3 rings (SSSR count). The molecular weight excluding hydrogens is 319 g/mol. The van der Waals surface area contributed by atoms with E-state index in [2.05, 4.69) is 0 Å². The van der Waals surface area contributed by atoms with Crippen LogP contribution in [0, 0.1) is 11.2 Å². The molecule has 0 bridgehead atoms. The topological polar surface area (TPSA) is 63.4 Å². The van der Waals surface area contributed by atoms with Gasteiger partial charge < -0.3 is 10.6 Å². The predicted molar refractivity (Wildman–Crippen MR) is 94.0 cm³/mol. The number of likely N-dealkylation sites (tertiary alicyclic amines) is 1. The fourth-order valence-corrected chi connectivity index (χ4v) is 3.56. The second-order valence-electron chi connectivity index (χ2n) is 6.65. The van der Waals surface area contributed by atoms with E-state index in [4.69, 9.17) is 5.73 Å². The smallest absolute Gasteiger partial charge is 0.225 e. The van der Waals surface area contributed by atoms with Crippen molar-refractivity contribution >= 4 is 11.8 Å². The van der Waals surface area contributed by atoms with Crippen LogP contribution in [0.15, 0.2) is 48.5 Å². The summed E-state index contributed by atoms with van der Waals surface area (Å²) >= 11 is 0. The minimum absolute atomic E-state index is 0.0643. The Morgan fingerprint density at radius 3 is 2.36 bits per heavy atom. The second-order valence-corrected chi connectivity index (χ2v) is 6.65. The van der Waals surface area contributed by atoms with Crippen molar-refractivity contribution in [2.45, 2.75) is 19.8 Å². The molecule has 1 fully saturated rings. The van der Waals surface area contributed by atoms with Crippen LogP contribution in [0.2, 0.25) is 0 Å². The van der Waals surface area contributed by atoms with E-state index in [1.165, 1.54) is 13.0 Å². The number of carbonyl (C=O) groups excluding carboxylic acids is 2. The third-order valence-corrected chi connectivity index (χ3v) is 5.03. The average molecular weight is 340 g/mol. The van der Waals surface area contributed by atoms with Gasteiger partial charge in [-0.3, -0.25) is 9.59 Å². The lowest BCUT2D eigenvalue weighted by molar-refractivity contribution is -0.130. The highest BCUT2D eigenvalue weighted by Gasteiger charge is 2.44. The lowest BCUT2D eigenvalue weighted by Gasteiger charge is -2.27. The fourth-order valence-electron chi connectivity index (χ4n) is 3.56. The summed E-state index contributed by atoms with van der Waals surface area (Å²) in [5, 5.41) is 0. The summed E-state index contributed by atoms with van der Waals surface area (Å²) in [6, 6.07) is 14.0. The summed E-state index contributed by atoms with van der Waals surface area (Å²) in [6.45, 7) is 2.31. The summed E-state index contributed by atoms with van der Waals surface area (Å²) in [4.78, 5) is 25.5. The number of nitrogens with zero attached hydrogens (tertiary/aromatic N) is 1. The predicted octanol–water partition coefficient (Wildman–Crippen LogP) is 2.76. The first-order chi connectivity index (χ1) is 11.9. The number of amides is 2. The minimum Gasteiger partial charge on any atom is -0.369 e. The van der Waals surface area contributed by atoms with Crippen molar-refractivity contribution in [3.63, 3.8) is 0 Å². The molecule has 25 heavy (non-hydrogen) atoms. The maximum atomic E-state index is 14.2. The van der Waals surface area contributed by atoms with Crippen LogP contribution in [0.4, 0.5) is 4.39 Å². The molecule has 0 aliphatic carbocycles. The van der Waals surface area contributed by atoms with Gasteiger partial charge in [0.2, 0.25) is 11.8 Å². The minimum atomic E-state index is -0.812. The molecule has 0 spiro atoms. The van der Waals surface area contributed by atoms with Crippen molar-refractivity contribution in [2.24, 2.45) is 11.1 Å². The summed E-state index contributed by atoms with van der Waals surface area (Å²) in [6.07, 6.45) is 0.907. The first-order valence-electron chi connectivity index (χ1n) is 8.31. The molecule has 1 aliphatic heterocycles. The maximum absolute atomic E-state index is 14.2. The van der Waals surface area contributed by atoms with Crippen LogP contribution >= 0.6 is 0 Å². The Labute approximate surface area is 146 Å². The molecule has 2 aromatic rings. The zero-order valence-electron chi connectivity index (χ0n) is 14.2. The van der Waals surface area contributed by atoms with E-state index in [9.17, 15) is 14.0 Å². The van der Waals surface area contributed by atoms with Crippen molar-refractivity contribution in [3.05, 3.63) is 59.9 Å². The Bertz CT molecular complexity index is 821. The molecule has 2 aromatic carbocycles. The van der Waals surface area contributed by atoms with Crippen LogP contribution < -0.4 is 5.73 Å². The Hall–Kier alpha value is -2.69. The van der Waals surface area contributed by atoms with Gasteiger partial charge in [0.05, 0.1) is 5.41 Å². The molecule has 4 nitrogen and oxygen atoms in total. The second kappa shape index (κ2) is 6.67. The number of primary amides is 1. The van der Waals surface area contributed by atoms with E-state index in [0.717, 1.165) is 11.1 Å². The average Bonchev–Trinajstić information content (AvgIpc) is 3.02. The SMILES string of the molecule is CC(=O)N1CC[C@@](Cc2ccccc2-c2ccccc2F)(C(N)=O)C1. The normalized spacial score (nSPS) is 19.8.